The van der Waals surface area contributed by atoms with Gasteiger partial charge in [0.1, 0.15) is 0 Å². The number of carboxylic acid groups (broad SMARTS) is 1. The highest BCUT2D eigenvalue weighted by Gasteiger charge is 2.22. The predicted octanol–water partition coefficient (Wildman–Crippen LogP) is 2.37. The van der Waals surface area contributed by atoms with Gasteiger partial charge in [0, 0.05) is 12.6 Å². The number of nitrogens with one attached hydrogen (secondary N) is 2. The molecule has 1 fully saturated rings. The third-order valence-electron chi connectivity index (χ3n) is 4.05. The van der Waals surface area contributed by atoms with Crippen LogP contribution in [0.5, 0.6) is 0 Å². The van der Waals surface area contributed by atoms with Crippen molar-refractivity contribution in [3.8, 4) is 0 Å². The van der Waals surface area contributed by atoms with Gasteiger partial charge in [-0.05, 0) is 25.2 Å². The number of carboxylic acids is 1. The molecule has 0 bridgehead atoms. The van der Waals surface area contributed by atoms with Gasteiger partial charge < -0.3 is 15.7 Å². The molecule has 19 heavy (non-hydrogen) atoms. The quantitative estimate of drug-likeness (QED) is 0.693. The van der Waals surface area contributed by atoms with Gasteiger partial charge in [0.05, 0.1) is 5.92 Å². The normalized spacial score (nSPS) is 24.5. The van der Waals surface area contributed by atoms with Crippen molar-refractivity contribution in [3.05, 3.63) is 0 Å². The Kier molecular flexibility index (Phi) is 6.67. The first kappa shape index (κ1) is 15.8. The van der Waals surface area contributed by atoms with Gasteiger partial charge in [-0.15, -0.1) is 0 Å². The molecule has 1 rings (SSSR count). The average molecular weight is 270 g/mol. The van der Waals surface area contributed by atoms with Crippen molar-refractivity contribution in [1.82, 2.24) is 10.6 Å². The summed E-state index contributed by atoms with van der Waals surface area (Å²) < 4.78 is 0. The fourth-order valence-corrected chi connectivity index (χ4v) is 2.65. The van der Waals surface area contributed by atoms with E-state index in [1.54, 1.807) is 0 Å². The maximum absolute atomic E-state index is 11.7. The number of aliphatic carboxylic acids is 1. The van der Waals surface area contributed by atoms with Crippen LogP contribution in [0.1, 0.15) is 52.4 Å². The molecule has 1 aliphatic carbocycles. The van der Waals surface area contributed by atoms with E-state index in [9.17, 15) is 9.59 Å². The standard InChI is InChI=1S/C14H26N2O3/c1-3-10-6-5-7-12(8-10)16-14(19)15-9-11(4-2)13(17)18/h10-12H,3-9H2,1-2H3,(H,17,18)(H2,15,16,19). The molecule has 0 saturated heterocycles. The van der Waals surface area contributed by atoms with Crippen LogP contribution in [0.25, 0.3) is 0 Å². The minimum Gasteiger partial charge on any atom is -0.481 e. The number of amides is 2. The molecule has 1 aliphatic rings. The van der Waals surface area contributed by atoms with Crippen molar-refractivity contribution in [2.75, 3.05) is 6.54 Å². The van der Waals surface area contributed by atoms with Crippen molar-refractivity contribution >= 4 is 12.0 Å². The van der Waals surface area contributed by atoms with Gasteiger partial charge in [-0.2, -0.15) is 0 Å². The first-order valence-corrected chi connectivity index (χ1v) is 7.33. The smallest absolute Gasteiger partial charge is 0.315 e. The zero-order chi connectivity index (χ0) is 14.3. The fraction of sp³-hybridized carbons (Fsp3) is 0.857. The number of carbonyl (C=O) groups is 2. The molecule has 0 radical (unpaired) electrons. The summed E-state index contributed by atoms with van der Waals surface area (Å²) in [6, 6.07) is 0.00468. The summed E-state index contributed by atoms with van der Waals surface area (Å²) in [6.45, 7) is 4.19. The lowest BCUT2D eigenvalue weighted by atomic mass is 9.84. The predicted molar refractivity (Wildman–Crippen MR) is 74.0 cm³/mol. The third kappa shape index (κ3) is 5.49. The van der Waals surface area contributed by atoms with E-state index >= 15 is 0 Å². The number of hydrogen-bond acceptors (Lipinski definition) is 2. The van der Waals surface area contributed by atoms with Gasteiger partial charge in [0.25, 0.3) is 0 Å². The van der Waals surface area contributed by atoms with Gasteiger partial charge in [-0.1, -0.05) is 33.1 Å². The highest BCUT2D eigenvalue weighted by Crippen LogP contribution is 2.26. The molecule has 5 heteroatoms. The van der Waals surface area contributed by atoms with Crippen molar-refractivity contribution in [1.29, 1.82) is 0 Å². The molecule has 3 atom stereocenters. The van der Waals surface area contributed by atoms with Gasteiger partial charge >= 0.3 is 12.0 Å². The Morgan fingerprint density at radius 3 is 2.63 bits per heavy atom. The van der Waals surface area contributed by atoms with E-state index in [0.29, 0.717) is 12.3 Å². The van der Waals surface area contributed by atoms with E-state index in [1.165, 1.54) is 6.42 Å². The molecule has 0 spiro atoms. The summed E-state index contributed by atoms with van der Waals surface area (Å²) >= 11 is 0. The lowest BCUT2D eigenvalue weighted by Crippen LogP contribution is -2.45. The average Bonchev–Trinajstić information content (AvgIpc) is 2.39. The molecule has 0 aromatic carbocycles. The summed E-state index contributed by atoms with van der Waals surface area (Å²) in [6.07, 6.45) is 6.18. The lowest BCUT2D eigenvalue weighted by molar-refractivity contribution is -0.141. The molecule has 0 aromatic rings. The van der Waals surface area contributed by atoms with E-state index in [2.05, 4.69) is 17.6 Å². The molecule has 3 N–H and O–H groups in total. The summed E-state index contributed by atoms with van der Waals surface area (Å²) in [4.78, 5) is 22.6. The van der Waals surface area contributed by atoms with Gasteiger partial charge in [-0.25, -0.2) is 4.79 Å². The number of rotatable bonds is 6. The number of urea groups is 1. The fourth-order valence-electron chi connectivity index (χ4n) is 2.65. The van der Waals surface area contributed by atoms with Crippen molar-refractivity contribution < 1.29 is 14.7 Å². The minimum atomic E-state index is -0.855. The Labute approximate surface area is 115 Å². The maximum atomic E-state index is 11.7. The van der Waals surface area contributed by atoms with Crippen LogP contribution >= 0.6 is 0 Å². The molecule has 5 nitrogen and oxygen atoms in total. The topological polar surface area (TPSA) is 78.4 Å². The molecule has 0 aliphatic heterocycles. The summed E-state index contributed by atoms with van der Waals surface area (Å²) in [5.74, 6) is -0.645. The Balaban J connectivity index is 2.28. The van der Waals surface area contributed by atoms with E-state index < -0.39 is 11.9 Å². The van der Waals surface area contributed by atoms with Crippen molar-refractivity contribution in [3.63, 3.8) is 0 Å². The van der Waals surface area contributed by atoms with Crippen LogP contribution in [-0.2, 0) is 4.79 Å². The largest absolute Gasteiger partial charge is 0.481 e. The molecular formula is C14H26N2O3. The molecule has 2 amide bonds. The second-order valence-electron chi connectivity index (χ2n) is 5.44. The lowest BCUT2D eigenvalue weighted by Gasteiger charge is -2.29. The molecule has 1 saturated carbocycles. The summed E-state index contributed by atoms with van der Waals surface area (Å²) in [5.41, 5.74) is 0. The number of hydrogen-bond donors (Lipinski definition) is 3. The maximum Gasteiger partial charge on any atom is 0.315 e. The van der Waals surface area contributed by atoms with Crippen molar-refractivity contribution in [2.45, 2.75) is 58.4 Å². The Morgan fingerprint density at radius 2 is 2.05 bits per heavy atom. The van der Waals surface area contributed by atoms with Crippen molar-refractivity contribution in [2.24, 2.45) is 11.8 Å². The zero-order valence-corrected chi connectivity index (χ0v) is 11.9. The molecular weight excluding hydrogens is 244 g/mol. The van der Waals surface area contributed by atoms with Crippen LogP contribution < -0.4 is 10.6 Å². The highest BCUT2D eigenvalue weighted by molar-refractivity contribution is 5.76. The highest BCUT2D eigenvalue weighted by atomic mass is 16.4. The van der Waals surface area contributed by atoms with Crippen LogP contribution in [-0.4, -0.2) is 29.7 Å². The molecule has 0 heterocycles. The van der Waals surface area contributed by atoms with Gasteiger partial charge in [0.2, 0.25) is 0 Å². The van der Waals surface area contributed by atoms with Gasteiger partial charge in [-0.3, -0.25) is 4.79 Å². The monoisotopic (exact) mass is 270 g/mol. The van der Waals surface area contributed by atoms with Crippen LogP contribution in [0, 0.1) is 11.8 Å². The van der Waals surface area contributed by atoms with E-state index in [-0.39, 0.29) is 18.6 Å². The number of carbonyl (C=O) groups excluding carboxylic acids is 1. The Bertz CT molecular complexity index is 307. The van der Waals surface area contributed by atoms with Crippen LogP contribution in [0.3, 0.4) is 0 Å². The minimum absolute atomic E-state index is 0.196. The van der Waals surface area contributed by atoms with Crippen LogP contribution in [0.15, 0.2) is 0 Å². The second-order valence-corrected chi connectivity index (χ2v) is 5.44. The van der Waals surface area contributed by atoms with Gasteiger partial charge in [0.15, 0.2) is 0 Å². The third-order valence-corrected chi connectivity index (χ3v) is 4.05. The van der Waals surface area contributed by atoms with E-state index in [0.717, 1.165) is 25.7 Å². The summed E-state index contributed by atoms with van der Waals surface area (Å²) in [5, 5.41) is 14.5. The molecule has 3 unspecified atom stereocenters. The van der Waals surface area contributed by atoms with E-state index in [4.69, 9.17) is 5.11 Å². The Hall–Kier alpha value is -1.26. The molecule has 110 valence electrons. The first-order valence-electron chi connectivity index (χ1n) is 7.33. The Morgan fingerprint density at radius 1 is 1.32 bits per heavy atom. The van der Waals surface area contributed by atoms with Crippen LogP contribution in [0.2, 0.25) is 0 Å². The van der Waals surface area contributed by atoms with E-state index in [1.807, 2.05) is 6.92 Å². The van der Waals surface area contributed by atoms with Crippen LogP contribution in [0.4, 0.5) is 4.79 Å². The first-order chi connectivity index (χ1) is 9.06. The SMILES string of the molecule is CCC1CCCC(NC(=O)NCC(CC)C(=O)O)C1. The molecule has 0 aromatic heterocycles. The zero-order valence-electron chi connectivity index (χ0n) is 11.9. The second kappa shape index (κ2) is 8.02. The summed E-state index contributed by atoms with van der Waals surface area (Å²) in [7, 11) is 0.